The lowest BCUT2D eigenvalue weighted by atomic mass is 9.45. The van der Waals surface area contributed by atoms with E-state index < -0.39 is 0 Å². The summed E-state index contributed by atoms with van der Waals surface area (Å²) in [5.41, 5.74) is 1.45. The minimum atomic E-state index is 0.231. The van der Waals surface area contributed by atoms with Crippen LogP contribution in [0.2, 0.25) is 0 Å². The third-order valence-corrected chi connectivity index (χ3v) is 10.8. The van der Waals surface area contributed by atoms with Crippen LogP contribution in [0.3, 0.4) is 0 Å². The number of fused-ring (bicyclic) bond motifs is 4. The van der Waals surface area contributed by atoms with Gasteiger partial charge < -0.3 is 9.53 Å². The minimum absolute atomic E-state index is 0.231. The van der Waals surface area contributed by atoms with Crippen LogP contribution in [0.1, 0.15) is 72.1 Å². The Morgan fingerprint density at radius 1 is 1.08 bits per heavy atom. The molecule has 5 aliphatic carbocycles. The van der Waals surface area contributed by atoms with Gasteiger partial charge in [-0.25, -0.2) is 0 Å². The first-order valence-corrected chi connectivity index (χ1v) is 10.9. The van der Waals surface area contributed by atoms with Crippen molar-refractivity contribution >= 4 is 6.29 Å². The van der Waals surface area contributed by atoms with Crippen molar-refractivity contribution in [1.29, 1.82) is 0 Å². The summed E-state index contributed by atoms with van der Waals surface area (Å²) < 4.78 is 6.18. The van der Waals surface area contributed by atoms with Gasteiger partial charge in [-0.1, -0.05) is 20.8 Å². The van der Waals surface area contributed by atoms with Crippen LogP contribution in [0.4, 0.5) is 0 Å². The Balaban J connectivity index is 1.50. The molecule has 0 aromatic carbocycles. The Hall–Kier alpha value is -0.370. The number of ether oxygens (including phenoxy) is 1. The second-order valence-electron chi connectivity index (χ2n) is 11.0. The summed E-state index contributed by atoms with van der Waals surface area (Å²) in [6.45, 7) is 7.35. The normalized spacial score (nSPS) is 60.2. The van der Waals surface area contributed by atoms with Gasteiger partial charge in [0.2, 0.25) is 0 Å². The largest absolute Gasteiger partial charge is 0.381 e. The van der Waals surface area contributed by atoms with Gasteiger partial charge in [0.05, 0.1) is 6.10 Å². The third-order valence-electron chi connectivity index (χ3n) is 10.8. The van der Waals surface area contributed by atoms with Gasteiger partial charge in [0.25, 0.3) is 0 Å². The van der Waals surface area contributed by atoms with Gasteiger partial charge in [0.15, 0.2) is 0 Å². The standard InChI is InChI=1S/C23H36O2/c1-14(13-24)17-5-6-18-16-11-20(25-4)23-12-15(23)7-10-22(23,3)19(16)8-9-21(17,18)2/h13-20H,5-12H2,1-4H3/t14-,15-,16+,17-,18+,19+,20-,21-,22-,23?/m1/s1. The number of hydrogen-bond donors (Lipinski definition) is 0. The average Bonchev–Trinajstić information content (AvgIpc) is 3.12. The van der Waals surface area contributed by atoms with E-state index in [1.165, 1.54) is 57.7 Å². The molecule has 0 aromatic rings. The highest BCUT2D eigenvalue weighted by Gasteiger charge is 2.77. The van der Waals surface area contributed by atoms with Crippen molar-refractivity contribution in [1.82, 2.24) is 0 Å². The van der Waals surface area contributed by atoms with Crippen molar-refractivity contribution in [2.75, 3.05) is 7.11 Å². The molecule has 0 radical (unpaired) electrons. The Morgan fingerprint density at radius 3 is 2.56 bits per heavy atom. The lowest BCUT2D eigenvalue weighted by molar-refractivity contribution is -0.161. The number of methoxy groups -OCH3 is 1. The van der Waals surface area contributed by atoms with Crippen LogP contribution in [0.5, 0.6) is 0 Å². The summed E-state index contributed by atoms with van der Waals surface area (Å²) in [7, 11) is 1.97. The highest BCUT2D eigenvalue weighted by atomic mass is 16.5. The molecule has 25 heavy (non-hydrogen) atoms. The average molecular weight is 345 g/mol. The molecular weight excluding hydrogens is 308 g/mol. The maximum Gasteiger partial charge on any atom is 0.123 e. The molecule has 140 valence electrons. The minimum Gasteiger partial charge on any atom is -0.381 e. The molecule has 0 N–H and O–H groups in total. The first-order valence-electron chi connectivity index (χ1n) is 10.9. The monoisotopic (exact) mass is 344 g/mol. The van der Waals surface area contributed by atoms with Crippen LogP contribution in [0, 0.1) is 51.8 Å². The first kappa shape index (κ1) is 16.8. The van der Waals surface area contributed by atoms with Crippen molar-refractivity contribution in [3.63, 3.8) is 0 Å². The van der Waals surface area contributed by atoms with Crippen LogP contribution >= 0.6 is 0 Å². The predicted octanol–water partition coefficient (Wildman–Crippen LogP) is 5.11. The van der Waals surface area contributed by atoms with E-state index in [2.05, 4.69) is 20.8 Å². The van der Waals surface area contributed by atoms with Gasteiger partial charge in [-0.05, 0) is 91.8 Å². The summed E-state index contributed by atoms with van der Waals surface area (Å²) in [5, 5.41) is 0. The molecule has 0 amide bonds. The predicted molar refractivity (Wildman–Crippen MR) is 99.1 cm³/mol. The van der Waals surface area contributed by atoms with E-state index in [1.807, 2.05) is 7.11 Å². The number of hydrogen-bond acceptors (Lipinski definition) is 2. The Labute approximate surface area is 153 Å². The van der Waals surface area contributed by atoms with Crippen LogP contribution in [0.15, 0.2) is 0 Å². The molecule has 5 fully saturated rings. The van der Waals surface area contributed by atoms with E-state index in [0.717, 1.165) is 23.7 Å². The lowest BCUT2D eigenvalue weighted by Gasteiger charge is -2.61. The van der Waals surface area contributed by atoms with Crippen molar-refractivity contribution in [2.45, 2.75) is 78.2 Å². The highest BCUT2D eigenvalue weighted by molar-refractivity contribution is 5.53. The van der Waals surface area contributed by atoms with Crippen molar-refractivity contribution < 1.29 is 9.53 Å². The zero-order valence-electron chi connectivity index (χ0n) is 16.6. The molecular formula is C23H36O2. The smallest absolute Gasteiger partial charge is 0.123 e. The van der Waals surface area contributed by atoms with Gasteiger partial charge in [0.1, 0.15) is 6.29 Å². The molecule has 0 aromatic heterocycles. The van der Waals surface area contributed by atoms with Crippen LogP contribution in [0.25, 0.3) is 0 Å². The number of aldehydes is 1. The van der Waals surface area contributed by atoms with Gasteiger partial charge in [-0.3, -0.25) is 0 Å². The van der Waals surface area contributed by atoms with Crippen LogP contribution < -0.4 is 0 Å². The molecule has 5 saturated carbocycles. The van der Waals surface area contributed by atoms with Gasteiger partial charge in [-0.15, -0.1) is 0 Å². The molecule has 5 aliphatic rings. The summed E-state index contributed by atoms with van der Waals surface area (Å²) >= 11 is 0. The molecule has 0 heterocycles. The summed E-state index contributed by atoms with van der Waals surface area (Å²) in [6.07, 6.45) is 12.7. The van der Waals surface area contributed by atoms with Gasteiger partial charge in [-0.2, -0.15) is 0 Å². The first-order chi connectivity index (χ1) is 11.9. The van der Waals surface area contributed by atoms with Crippen molar-refractivity contribution in [2.24, 2.45) is 51.8 Å². The fourth-order valence-electron chi connectivity index (χ4n) is 9.58. The number of rotatable bonds is 3. The summed E-state index contributed by atoms with van der Waals surface area (Å²) in [5.74, 6) is 4.37. The second kappa shape index (κ2) is 5.12. The molecule has 2 heteroatoms. The molecule has 0 bridgehead atoms. The Kier molecular flexibility index (Phi) is 3.43. The maximum absolute atomic E-state index is 11.5. The summed E-state index contributed by atoms with van der Waals surface area (Å²) in [4.78, 5) is 11.5. The zero-order chi connectivity index (χ0) is 17.6. The SMILES string of the molecule is CO[C@@H]1C[C@H]2[C@@H]3CC[C@H]([C@H](C)C=O)[C@@]3(C)CC[C@@H]2[C@@]2(C)CC[C@@H]3CC312. The molecule has 5 rings (SSSR count). The zero-order valence-corrected chi connectivity index (χ0v) is 16.6. The van der Waals surface area contributed by atoms with Gasteiger partial charge in [0, 0.05) is 18.4 Å². The van der Waals surface area contributed by atoms with Gasteiger partial charge >= 0.3 is 0 Å². The Morgan fingerprint density at radius 2 is 1.88 bits per heavy atom. The lowest BCUT2D eigenvalue weighted by Crippen LogP contribution is -2.57. The molecule has 0 saturated heterocycles. The van der Waals surface area contributed by atoms with E-state index in [9.17, 15) is 4.79 Å². The summed E-state index contributed by atoms with van der Waals surface area (Å²) in [6, 6.07) is 0. The topological polar surface area (TPSA) is 26.3 Å². The second-order valence-corrected chi connectivity index (χ2v) is 11.0. The van der Waals surface area contributed by atoms with E-state index in [1.54, 1.807) is 0 Å². The van der Waals surface area contributed by atoms with Crippen molar-refractivity contribution in [3.05, 3.63) is 0 Å². The molecule has 0 aliphatic heterocycles. The van der Waals surface area contributed by atoms with E-state index in [0.29, 0.717) is 28.3 Å². The van der Waals surface area contributed by atoms with E-state index >= 15 is 0 Å². The van der Waals surface area contributed by atoms with Crippen LogP contribution in [-0.2, 0) is 9.53 Å². The maximum atomic E-state index is 11.5. The van der Waals surface area contributed by atoms with Crippen molar-refractivity contribution in [3.8, 4) is 0 Å². The third kappa shape index (κ3) is 1.79. The molecule has 1 unspecified atom stereocenters. The fourth-order valence-corrected chi connectivity index (χ4v) is 9.58. The quantitative estimate of drug-likeness (QED) is 0.665. The fraction of sp³-hybridized carbons (Fsp3) is 0.957. The Bertz CT molecular complexity index is 587. The van der Waals surface area contributed by atoms with E-state index in [4.69, 9.17) is 4.74 Å². The molecule has 1 spiro atoms. The molecule has 2 nitrogen and oxygen atoms in total. The number of carbonyl (C=O) groups excluding carboxylic acids is 1. The highest BCUT2D eigenvalue weighted by Crippen LogP contribution is 2.82. The molecule has 10 atom stereocenters. The number of carbonyl (C=O) groups is 1. The van der Waals surface area contributed by atoms with Crippen LogP contribution in [-0.4, -0.2) is 19.5 Å². The van der Waals surface area contributed by atoms with E-state index in [-0.39, 0.29) is 5.92 Å².